The summed E-state index contributed by atoms with van der Waals surface area (Å²) in [4.78, 5) is 0. The quantitative estimate of drug-likeness (QED) is 0.150. The van der Waals surface area contributed by atoms with Crippen molar-refractivity contribution in [3.63, 3.8) is 0 Å². The van der Waals surface area contributed by atoms with Gasteiger partial charge >= 0.3 is 0 Å². The molecule has 0 amide bonds. The van der Waals surface area contributed by atoms with Crippen molar-refractivity contribution in [2.75, 3.05) is 0 Å². The van der Waals surface area contributed by atoms with E-state index in [0.717, 1.165) is 0 Å². The van der Waals surface area contributed by atoms with Gasteiger partial charge in [0, 0.05) is 0 Å². The van der Waals surface area contributed by atoms with Crippen LogP contribution in [0.5, 0.6) is 0 Å². The molecule has 9 rings (SSSR count). The third-order valence-corrected chi connectivity index (χ3v) is 9.19. The molecule has 0 saturated carbocycles. The van der Waals surface area contributed by atoms with Crippen molar-refractivity contribution in [1.82, 2.24) is 0 Å². The molecule has 0 bridgehead atoms. The van der Waals surface area contributed by atoms with Gasteiger partial charge in [0.15, 0.2) is 0 Å². The van der Waals surface area contributed by atoms with Crippen LogP contribution in [-0.2, 0) is 0 Å². The first-order chi connectivity index (χ1) is 21.8. The second-order valence-corrected chi connectivity index (χ2v) is 11.7. The van der Waals surface area contributed by atoms with Crippen LogP contribution in [-0.4, -0.2) is 0 Å². The Hall–Kier alpha value is -5.72. The lowest BCUT2D eigenvalue weighted by molar-refractivity contribution is 1.63. The first kappa shape index (κ1) is 24.8. The van der Waals surface area contributed by atoms with Gasteiger partial charge in [-0.05, 0) is 105 Å². The van der Waals surface area contributed by atoms with Crippen LogP contribution in [0.15, 0.2) is 170 Å². The van der Waals surface area contributed by atoms with Gasteiger partial charge in [-0.25, -0.2) is 0 Å². The maximum absolute atomic E-state index is 2.41. The van der Waals surface area contributed by atoms with Crippen molar-refractivity contribution >= 4 is 53.9 Å². The van der Waals surface area contributed by atoms with Crippen LogP contribution in [0.25, 0.3) is 87.2 Å². The zero-order valence-electron chi connectivity index (χ0n) is 24.2. The summed E-state index contributed by atoms with van der Waals surface area (Å²) >= 11 is 0. The van der Waals surface area contributed by atoms with Crippen molar-refractivity contribution in [2.24, 2.45) is 0 Å². The van der Waals surface area contributed by atoms with E-state index >= 15 is 0 Å². The molecule has 0 N–H and O–H groups in total. The van der Waals surface area contributed by atoms with Gasteiger partial charge in [0.2, 0.25) is 0 Å². The summed E-state index contributed by atoms with van der Waals surface area (Å²) in [6.07, 6.45) is 0. The van der Waals surface area contributed by atoms with Gasteiger partial charge in [-0.3, -0.25) is 0 Å². The monoisotopic (exact) mass is 556 g/mol. The highest BCUT2D eigenvalue weighted by molar-refractivity contribution is 6.29. The second-order valence-electron chi connectivity index (χ2n) is 11.7. The summed E-state index contributed by atoms with van der Waals surface area (Å²) < 4.78 is 0. The molecular formula is C44H28. The molecule has 44 heavy (non-hydrogen) atoms. The Labute approximate surface area is 256 Å². The zero-order chi connectivity index (χ0) is 29.0. The molecule has 0 fully saturated rings. The van der Waals surface area contributed by atoms with Gasteiger partial charge in [0.1, 0.15) is 0 Å². The largest absolute Gasteiger partial charge is 0.0622 e. The standard InChI is InChI=1S/C44H28/c1-2-13-30(14-3-1)40-27-33-17-6-7-18-34(33)28-41(40)43-38-21-11-10-20-37(38)42(35-23-22-29-12-4-5-16-32(29)26-35)44-36-19-9-8-15-31(36)24-25-39(43)44/h1-28H. The topological polar surface area (TPSA) is 0 Å². The minimum Gasteiger partial charge on any atom is -0.0622 e. The Bertz CT molecular complexity index is 2540. The molecule has 0 unspecified atom stereocenters. The van der Waals surface area contributed by atoms with Crippen LogP contribution in [0.3, 0.4) is 0 Å². The molecule has 0 heteroatoms. The van der Waals surface area contributed by atoms with Crippen LogP contribution in [0, 0.1) is 0 Å². The van der Waals surface area contributed by atoms with Crippen molar-refractivity contribution in [1.29, 1.82) is 0 Å². The molecule has 204 valence electrons. The fourth-order valence-electron chi connectivity index (χ4n) is 7.19. The van der Waals surface area contributed by atoms with Gasteiger partial charge in [0.05, 0.1) is 0 Å². The van der Waals surface area contributed by atoms with E-state index in [1.54, 1.807) is 0 Å². The lowest BCUT2D eigenvalue weighted by Gasteiger charge is -2.21. The van der Waals surface area contributed by atoms with Crippen molar-refractivity contribution < 1.29 is 0 Å². The van der Waals surface area contributed by atoms with Gasteiger partial charge in [-0.1, -0.05) is 152 Å². The molecule has 0 saturated heterocycles. The van der Waals surface area contributed by atoms with E-state index in [0.29, 0.717) is 0 Å². The fraction of sp³-hybridized carbons (Fsp3) is 0. The average Bonchev–Trinajstić information content (AvgIpc) is 3.10. The molecule has 0 radical (unpaired) electrons. The minimum absolute atomic E-state index is 1.23. The fourth-order valence-corrected chi connectivity index (χ4v) is 7.19. The van der Waals surface area contributed by atoms with E-state index in [9.17, 15) is 0 Å². The van der Waals surface area contributed by atoms with E-state index in [4.69, 9.17) is 0 Å². The molecule has 0 aromatic heterocycles. The van der Waals surface area contributed by atoms with Gasteiger partial charge in [-0.15, -0.1) is 0 Å². The Balaban J connectivity index is 1.50. The molecule has 0 spiro atoms. The van der Waals surface area contributed by atoms with Gasteiger partial charge < -0.3 is 0 Å². The van der Waals surface area contributed by atoms with E-state index in [1.165, 1.54) is 87.2 Å². The highest BCUT2D eigenvalue weighted by Crippen LogP contribution is 2.49. The zero-order valence-corrected chi connectivity index (χ0v) is 24.2. The third kappa shape index (κ3) is 3.85. The summed E-state index contributed by atoms with van der Waals surface area (Å²) in [5.74, 6) is 0. The smallest absolute Gasteiger partial charge is 0.00141 e. The molecule has 0 aliphatic heterocycles. The molecule has 0 heterocycles. The number of hydrogen-bond donors (Lipinski definition) is 0. The molecule has 9 aromatic carbocycles. The molecule has 0 aliphatic carbocycles. The summed E-state index contributed by atoms with van der Waals surface area (Å²) in [6.45, 7) is 0. The number of benzene rings is 9. The maximum Gasteiger partial charge on any atom is -0.00141 e. The number of hydrogen-bond acceptors (Lipinski definition) is 0. The van der Waals surface area contributed by atoms with Crippen LogP contribution >= 0.6 is 0 Å². The van der Waals surface area contributed by atoms with E-state index < -0.39 is 0 Å². The Morgan fingerprint density at radius 1 is 0.250 bits per heavy atom. The minimum atomic E-state index is 1.23. The third-order valence-electron chi connectivity index (χ3n) is 9.19. The lowest BCUT2D eigenvalue weighted by Crippen LogP contribution is -1.94. The Morgan fingerprint density at radius 3 is 1.50 bits per heavy atom. The first-order valence-electron chi connectivity index (χ1n) is 15.3. The predicted molar refractivity (Wildman–Crippen MR) is 190 cm³/mol. The van der Waals surface area contributed by atoms with Crippen molar-refractivity contribution in [3.8, 4) is 33.4 Å². The molecule has 0 aliphatic rings. The van der Waals surface area contributed by atoms with E-state index in [2.05, 4.69) is 170 Å². The normalized spacial score (nSPS) is 11.6. The molecule has 0 atom stereocenters. The van der Waals surface area contributed by atoms with Gasteiger partial charge in [-0.2, -0.15) is 0 Å². The molecule has 0 nitrogen and oxygen atoms in total. The Kier molecular flexibility index (Phi) is 5.61. The SMILES string of the molecule is c1ccc(-c2cc3ccccc3cc2-c2c3ccccc3c(-c3ccc4ccccc4c3)c3c2ccc2ccccc23)cc1. The number of rotatable bonds is 3. The first-order valence-corrected chi connectivity index (χ1v) is 15.3. The van der Waals surface area contributed by atoms with Crippen LogP contribution in [0.4, 0.5) is 0 Å². The van der Waals surface area contributed by atoms with Crippen LogP contribution in [0.1, 0.15) is 0 Å². The maximum atomic E-state index is 2.41. The van der Waals surface area contributed by atoms with E-state index in [1.807, 2.05) is 0 Å². The summed E-state index contributed by atoms with van der Waals surface area (Å²) in [7, 11) is 0. The van der Waals surface area contributed by atoms with E-state index in [-0.39, 0.29) is 0 Å². The highest BCUT2D eigenvalue weighted by atomic mass is 14.2. The molecular weight excluding hydrogens is 528 g/mol. The lowest BCUT2D eigenvalue weighted by atomic mass is 9.81. The highest BCUT2D eigenvalue weighted by Gasteiger charge is 2.21. The summed E-state index contributed by atoms with van der Waals surface area (Å²) in [6, 6.07) is 62.4. The van der Waals surface area contributed by atoms with Crippen molar-refractivity contribution in [2.45, 2.75) is 0 Å². The number of fused-ring (bicyclic) bond motifs is 6. The van der Waals surface area contributed by atoms with Crippen LogP contribution < -0.4 is 0 Å². The summed E-state index contributed by atoms with van der Waals surface area (Å²) in [5, 5.41) is 12.7. The van der Waals surface area contributed by atoms with Gasteiger partial charge in [0.25, 0.3) is 0 Å². The second kappa shape index (κ2) is 9.93. The predicted octanol–water partition coefficient (Wildman–Crippen LogP) is 12.5. The van der Waals surface area contributed by atoms with Crippen LogP contribution in [0.2, 0.25) is 0 Å². The summed E-state index contributed by atoms with van der Waals surface area (Å²) in [5.41, 5.74) is 7.57. The average molecular weight is 557 g/mol. The molecule has 9 aromatic rings. The van der Waals surface area contributed by atoms with Crippen molar-refractivity contribution in [3.05, 3.63) is 170 Å². The Morgan fingerprint density at radius 2 is 0.773 bits per heavy atom.